The van der Waals surface area contributed by atoms with Gasteiger partial charge < -0.3 is 10.6 Å². The molecule has 0 unspecified atom stereocenters. The van der Waals surface area contributed by atoms with E-state index in [1.807, 2.05) is 12.1 Å². The standard InChI is InChI=1S/C15H14ClFN2O/c16-12-7-5-11(6-8-12)9-18-10-15(20)19-14-4-2-1-3-13(14)17/h1-8,18H,9-10H2,(H,19,20). The van der Waals surface area contributed by atoms with Crippen LogP contribution in [0.15, 0.2) is 48.5 Å². The molecule has 2 aromatic carbocycles. The quantitative estimate of drug-likeness (QED) is 0.888. The molecule has 0 bridgehead atoms. The van der Waals surface area contributed by atoms with Crippen LogP contribution in [-0.4, -0.2) is 12.5 Å². The minimum Gasteiger partial charge on any atom is -0.322 e. The van der Waals surface area contributed by atoms with Crippen LogP contribution >= 0.6 is 11.6 Å². The second-order valence-electron chi connectivity index (χ2n) is 4.26. The minimum absolute atomic E-state index is 0.108. The first-order valence-electron chi connectivity index (χ1n) is 6.15. The van der Waals surface area contributed by atoms with E-state index in [2.05, 4.69) is 10.6 Å². The zero-order valence-electron chi connectivity index (χ0n) is 10.7. The van der Waals surface area contributed by atoms with Gasteiger partial charge in [0.15, 0.2) is 0 Å². The summed E-state index contributed by atoms with van der Waals surface area (Å²) in [6.07, 6.45) is 0. The van der Waals surface area contributed by atoms with Gasteiger partial charge in [-0.3, -0.25) is 4.79 Å². The van der Waals surface area contributed by atoms with Gasteiger partial charge in [0.2, 0.25) is 5.91 Å². The zero-order valence-corrected chi connectivity index (χ0v) is 11.5. The number of carbonyl (C=O) groups excluding carboxylic acids is 1. The topological polar surface area (TPSA) is 41.1 Å². The maximum atomic E-state index is 13.3. The maximum Gasteiger partial charge on any atom is 0.238 e. The molecule has 2 rings (SSSR count). The molecule has 1 amide bonds. The average molecular weight is 293 g/mol. The Balaban J connectivity index is 1.78. The highest BCUT2D eigenvalue weighted by Gasteiger charge is 2.05. The number of halogens is 2. The predicted molar refractivity (Wildman–Crippen MR) is 78.2 cm³/mol. The van der Waals surface area contributed by atoms with Gasteiger partial charge in [0.05, 0.1) is 12.2 Å². The van der Waals surface area contributed by atoms with Crippen molar-refractivity contribution in [2.24, 2.45) is 0 Å². The molecule has 0 atom stereocenters. The van der Waals surface area contributed by atoms with Gasteiger partial charge in [-0.05, 0) is 29.8 Å². The van der Waals surface area contributed by atoms with E-state index in [1.165, 1.54) is 12.1 Å². The Bertz CT molecular complexity index is 587. The third-order valence-corrected chi connectivity index (χ3v) is 2.93. The van der Waals surface area contributed by atoms with Crippen LogP contribution in [0.1, 0.15) is 5.56 Å². The Morgan fingerprint density at radius 3 is 2.50 bits per heavy atom. The first-order valence-corrected chi connectivity index (χ1v) is 6.52. The lowest BCUT2D eigenvalue weighted by Gasteiger charge is -2.07. The van der Waals surface area contributed by atoms with E-state index >= 15 is 0 Å². The largest absolute Gasteiger partial charge is 0.322 e. The lowest BCUT2D eigenvalue weighted by atomic mass is 10.2. The SMILES string of the molecule is O=C(CNCc1ccc(Cl)cc1)Nc1ccccc1F. The Morgan fingerprint density at radius 2 is 1.80 bits per heavy atom. The van der Waals surface area contributed by atoms with Crippen molar-refractivity contribution in [2.75, 3.05) is 11.9 Å². The number of carbonyl (C=O) groups is 1. The molecule has 0 aliphatic carbocycles. The van der Waals surface area contributed by atoms with Gasteiger partial charge in [-0.1, -0.05) is 35.9 Å². The van der Waals surface area contributed by atoms with Crippen LogP contribution in [0.4, 0.5) is 10.1 Å². The van der Waals surface area contributed by atoms with Crippen LogP contribution < -0.4 is 10.6 Å². The number of anilines is 1. The molecule has 0 saturated heterocycles. The molecule has 20 heavy (non-hydrogen) atoms. The minimum atomic E-state index is -0.446. The van der Waals surface area contributed by atoms with Crippen molar-refractivity contribution in [3.8, 4) is 0 Å². The fraction of sp³-hybridized carbons (Fsp3) is 0.133. The zero-order chi connectivity index (χ0) is 14.4. The van der Waals surface area contributed by atoms with Gasteiger partial charge in [0, 0.05) is 11.6 Å². The van der Waals surface area contributed by atoms with Crippen LogP contribution in [0, 0.1) is 5.82 Å². The summed E-state index contributed by atoms with van der Waals surface area (Å²) in [5.41, 5.74) is 1.21. The third kappa shape index (κ3) is 4.33. The average Bonchev–Trinajstić information content (AvgIpc) is 2.44. The van der Waals surface area contributed by atoms with Crippen LogP contribution in [0.5, 0.6) is 0 Å². The highest BCUT2D eigenvalue weighted by Crippen LogP contribution is 2.12. The summed E-state index contributed by atoms with van der Waals surface area (Å²) in [7, 11) is 0. The van der Waals surface area contributed by atoms with Crippen LogP contribution in [0.3, 0.4) is 0 Å². The second kappa shape index (κ2) is 7.03. The van der Waals surface area contributed by atoms with Crippen molar-refractivity contribution < 1.29 is 9.18 Å². The molecule has 3 nitrogen and oxygen atoms in total. The summed E-state index contributed by atoms with van der Waals surface area (Å²) in [5, 5.41) is 6.16. The number of rotatable bonds is 5. The number of nitrogens with one attached hydrogen (secondary N) is 2. The highest BCUT2D eigenvalue weighted by molar-refractivity contribution is 6.30. The van der Waals surface area contributed by atoms with Gasteiger partial charge in [0.1, 0.15) is 5.82 Å². The Morgan fingerprint density at radius 1 is 1.10 bits per heavy atom. The number of hydrogen-bond acceptors (Lipinski definition) is 2. The number of hydrogen-bond donors (Lipinski definition) is 2. The van der Waals surface area contributed by atoms with Crippen molar-refractivity contribution >= 4 is 23.2 Å². The maximum absolute atomic E-state index is 13.3. The summed E-state index contributed by atoms with van der Waals surface area (Å²) in [6.45, 7) is 0.652. The monoisotopic (exact) mass is 292 g/mol. The molecule has 2 N–H and O–H groups in total. The molecule has 0 radical (unpaired) electrons. The summed E-state index contributed by atoms with van der Waals surface area (Å²) in [6, 6.07) is 13.4. The molecule has 104 valence electrons. The Hall–Kier alpha value is -1.91. The van der Waals surface area contributed by atoms with Crippen molar-refractivity contribution in [1.82, 2.24) is 5.32 Å². The molecule has 0 saturated carbocycles. The first kappa shape index (κ1) is 14.5. The molecular weight excluding hydrogens is 279 g/mol. The fourth-order valence-electron chi connectivity index (χ4n) is 1.68. The summed E-state index contributed by atoms with van der Waals surface area (Å²) < 4.78 is 13.3. The molecular formula is C15H14ClFN2O. The summed E-state index contributed by atoms with van der Waals surface area (Å²) in [4.78, 5) is 11.6. The number of para-hydroxylation sites is 1. The van der Waals surface area contributed by atoms with E-state index in [9.17, 15) is 9.18 Å². The van der Waals surface area contributed by atoms with Crippen molar-refractivity contribution in [2.45, 2.75) is 6.54 Å². The lowest BCUT2D eigenvalue weighted by molar-refractivity contribution is -0.115. The Kier molecular flexibility index (Phi) is 5.09. The van der Waals surface area contributed by atoms with Gasteiger partial charge >= 0.3 is 0 Å². The van der Waals surface area contributed by atoms with E-state index < -0.39 is 5.82 Å². The summed E-state index contributed by atoms with van der Waals surface area (Å²) >= 11 is 5.78. The highest BCUT2D eigenvalue weighted by atomic mass is 35.5. The summed E-state index contributed by atoms with van der Waals surface area (Å²) in [5.74, 6) is -0.734. The fourth-order valence-corrected chi connectivity index (χ4v) is 1.81. The van der Waals surface area contributed by atoms with E-state index in [0.29, 0.717) is 11.6 Å². The van der Waals surface area contributed by atoms with E-state index in [1.54, 1.807) is 24.3 Å². The van der Waals surface area contributed by atoms with E-state index in [0.717, 1.165) is 5.56 Å². The van der Waals surface area contributed by atoms with Crippen molar-refractivity contribution in [3.05, 3.63) is 64.9 Å². The smallest absolute Gasteiger partial charge is 0.238 e. The normalized spacial score (nSPS) is 10.3. The lowest BCUT2D eigenvalue weighted by Crippen LogP contribution is -2.28. The molecule has 0 heterocycles. The first-order chi connectivity index (χ1) is 9.65. The van der Waals surface area contributed by atoms with Crippen molar-refractivity contribution in [1.29, 1.82) is 0 Å². The van der Waals surface area contributed by atoms with Gasteiger partial charge in [-0.2, -0.15) is 0 Å². The molecule has 0 spiro atoms. The van der Waals surface area contributed by atoms with Gasteiger partial charge in [-0.15, -0.1) is 0 Å². The van der Waals surface area contributed by atoms with Crippen LogP contribution in [-0.2, 0) is 11.3 Å². The molecule has 0 fully saturated rings. The molecule has 0 aliphatic heterocycles. The van der Waals surface area contributed by atoms with E-state index in [4.69, 9.17) is 11.6 Å². The third-order valence-electron chi connectivity index (χ3n) is 2.68. The van der Waals surface area contributed by atoms with Crippen molar-refractivity contribution in [3.63, 3.8) is 0 Å². The van der Waals surface area contributed by atoms with Crippen LogP contribution in [0.25, 0.3) is 0 Å². The second-order valence-corrected chi connectivity index (χ2v) is 4.69. The van der Waals surface area contributed by atoms with Crippen LogP contribution in [0.2, 0.25) is 5.02 Å². The number of amides is 1. The van der Waals surface area contributed by atoms with Gasteiger partial charge in [-0.25, -0.2) is 4.39 Å². The molecule has 0 aliphatic rings. The molecule has 2 aromatic rings. The van der Waals surface area contributed by atoms with Gasteiger partial charge in [0.25, 0.3) is 0 Å². The van der Waals surface area contributed by atoms with E-state index in [-0.39, 0.29) is 18.1 Å². The predicted octanol–water partition coefficient (Wildman–Crippen LogP) is 3.21. The molecule has 5 heteroatoms. The Labute approximate surface area is 121 Å². The number of benzene rings is 2. The molecule has 0 aromatic heterocycles.